The van der Waals surface area contributed by atoms with E-state index >= 15 is 0 Å². The predicted molar refractivity (Wildman–Crippen MR) is 91.0 cm³/mol. The molecule has 0 spiro atoms. The van der Waals surface area contributed by atoms with Gasteiger partial charge in [0.05, 0.1) is 0 Å². The maximum Gasteiger partial charge on any atom is 0.0314 e. The van der Waals surface area contributed by atoms with Gasteiger partial charge in [0.15, 0.2) is 0 Å². The molecule has 1 N–H and O–H groups in total. The van der Waals surface area contributed by atoms with E-state index < -0.39 is 0 Å². The first-order chi connectivity index (χ1) is 8.92. The number of hydrogen-bond donors (Lipinski definition) is 1. The van der Waals surface area contributed by atoms with Gasteiger partial charge in [-0.2, -0.15) is 0 Å². The highest BCUT2D eigenvalue weighted by Gasteiger charge is 2.09. The minimum Gasteiger partial charge on any atom is -0.308 e. The Hall–Kier alpha value is 0.01000. The van der Waals surface area contributed by atoms with Crippen LogP contribution in [0.25, 0.3) is 0 Å². The van der Waals surface area contributed by atoms with Crippen molar-refractivity contribution in [2.24, 2.45) is 0 Å². The fraction of sp³-hybridized carbons (Fsp3) is 0.625. The molecule has 0 aliphatic rings. The smallest absolute Gasteiger partial charge is 0.0314 e. The van der Waals surface area contributed by atoms with Crippen molar-refractivity contribution in [3.8, 4) is 0 Å². The molecule has 0 amide bonds. The van der Waals surface area contributed by atoms with Crippen molar-refractivity contribution < 1.29 is 0 Å². The van der Waals surface area contributed by atoms with E-state index in [2.05, 4.69) is 67.1 Å². The highest BCUT2D eigenvalue weighted by molar-refractivity contribution is 9.10. The molecule has 0 aromatic heterocycles. The quantitative estimate of drug-likeness (QED) is 0.509. The molecule has 0 radical (unpaired) electrons. The molecule has 1 aromatic carbocycles. The van der Waals surface area contributed by atoms with Crippen molar-refractivity contribution in [1.82, 2.24) is 5.32 Å². The van der Waals surface area contributed by atoms with E-state index in [0.717, 1.165) is 6.54 Å². The molecular formula is C16H26BrNS. The molecular weight excluding hydrogens is 318 g/mol. The van der Waals surface area contributed by atoms with Crippen LogP contribution in [0.5, 0.6) is 0 Å². The molecule has 1 aromatic rings. The minimum atomic E-state index is 0.167. The molecule has 0 heterocycles. The molecule has 108 valence electrons. The van der Waals surface area contributed by atoms with Crippen molar-refractivity contribution in [3.63, 3.8) is 0 Å². The first kappa shape index (κ1) is 17.1. The Morgan fingerprint density at radius 3 is 2.53 bits per heavy atom. The second kappa shape index (κ2) is 8.33. The van der Waals surface area contributed by atoms with Gasteiger partial charge in [0.2, 0.25) is 0 Å². The van der Waals surface area contributed by atoms with Gasteiger partial charge in [0.1, 0.15) is 0 Å². The second-order valence-corrected chi connectivity index (χ2v) is 7.91. The van der Waals surface area contributed by atoms with Gasteiger partial charge in [-0.15, -0.1) is 11.8 Å². The Bertz CT molecular complexity index is 385. The second-order valence-electron chi connectivity index (χ2n) is 5.92. The van der Waals surface area contributed by atoms with Crippen LogP contribution in [0.2, 0.25) is 0 Å². The van der Waals surface area contributed by atoms with Gasteiger partial charge in [0, 0.05) is 21.5 Å². The van der Waals surface area contributed by atoms with Crippen LogP contribution in [0.4, 0.5) is 0 Å². The van der Waals surface area contributed by atoms with E-state index in [1.165, 1.54) is 39.9 Å². The monoisotopic (exact) mass is 343 g/mol. The van der Waals surface area contributed by atoms with Gasteiger partial charge >= 0.3 is 0 Å². The summed E-state index contributed by atoms with van der Waals surface area (Å²) in [4.78, 5) is 1.36. The van der Waals surface area contributed by atoms with Gasteiger partial charge in [-0.1, -0.05) is 25.8 Å². The molecule has 3 heteroatoms. The first-order valence-electron chi connectivity index (χ1n) is 7.08. The molecule has 1 nitrogen and oxygen atoms in total. The lowest BCUT2D eigenvalue weighted by molar-refractivity contribution is 0.424. The Labute approximate surface area is 131 Å². The van der Waals surface area contributed by atoms with Gasteiger partial charge in [-0.25, -0.2) is 0 Å². The largest absolute Gasteiger partial charge is 0.308 e. The van der Waals surface area contributed by atoms with Crippen LogP contribution < -0.4 is 5.32 Å². The van der Waals surface area contributed by atoms with Crippen molar-refractivity contribution in [3.05, 3.63) is 28.2 Å². The molecule has 0 saturated heterocycles. The maximum atomic E-state index is 3.69. The third-order valence-corrected chi connectivity index (χ3v) is 4.90. The van der Waals surface area contributed by atoms with Crippen LogP contribution in [0, 0.1) is 0 Å². The Balaban J connectivity index is 2.49. The van der Waals surface area contributed by atoms with Gasteiger partial charge in [-0.3, -0.25) is 0 Å². The normalized spacial score (nSPS) is 11.8. The van der Waals surface area contributed by atoms with Crippen LogP contribution in [0.3, 0.4) is 0 Å². The van der Waals surface area contributed by atoms with Gasteiger partial charge in [0.25, 0.3) is 0 Å². The lowest BCUT2D eigenvalue weighted by atomic mass is 10.1. The molecule has 0 aliphatic carbocycles. The van der Waals surface area contributed by atoms with Gasteiger partial charge in [-0.05, 0) is 66.6 Å². The number of unbranched alkanes of at least 4 members (excludes halogenated alkanes) is 2. The third-order valence-electron chi connectivity index (χ3n) is 2.82. The Morgan fingerprint density at radius 1 is 1.21 bits per heavy atom. The number of halogens is 1. The number of nitrogens with one attached hydrogen (secondary N) is 1. The molecule has 0 saturated carbocycles. The zero-order chi connectivity index (χ0) is 14.3. The zero-order valence-electron chi connectivity index (χ0n) is 12.6. The molecule has 0 bridgehead atoms. The number of thioether (sulfide) groups is 1. The molecule has 0 unspecified atom stereocenters. The van der Waals surface area contributed by atoms with Gasteiger partial charge < -0.3 is 5.32 Å². The Kier molecular flexibility index (Phi) is 7.48. The minimum absolute atomic E-state index is 0.167. The molecule has 0 fully saturated rings. The number of rotatable bonds is 7. The molecule has 1 rings (SSSR count). The van der Waals surface area contributed by atoms with Crippen molar-refractivity contribution in [2.45, 2.75) is 63.9 Å². The van der Waals surface area contributed by atoms with Crippen LogP contribution in [-0.4, -0.2) is 11.3 Å². The molecule has 0 atom stereocenters. The summed E-state index contributed by atoms with van der Waals surface area (Å²) in [5, 5.41) is 3.52. The van der Waals surface area contributed by atoms with Crippen molar-refractivity contribution >= 4 is 27.7 Å². The van der Waals surface area contributed by atoms with Crippen molar-refractivity contribution in [2.75, 3.05) is 5.75 Å². The summed E-state index contributed by atoms with van der Waals surface area (Å²) in [5.41, 5.74) is 1.50. The topological polar surface area (TPSA) is 12.0 Å². The average molecular weight is 344 g/mol. The lowest BCUT2D eigenvalue weighted by Crippen LogP contribution is -2.35. The predicted octanol–water partition coefficient (Wildman–Crippen LogP) is 5.62. The number of hydrogen-bond acceptors (Lipinski definition) is 2. The van der Waals surface area contributed by atoms with E-state index in [1.807, 2.05) is 11.8 Å². The average Bonchev–Trinajstić information content (AvgIpc) is 2.33. The van der Waals surface area contributed by atoms with Crippen molar-refractivity contribution in [1.29, 1.82) is 0 Å². The molecule has 19 heavy (non-hydrogen) atoms. The number of benzene rings is 1. The summed E-state index contributed by atoms with van der Waals surface area (Å²) >= 11 is 5.64. The fourth-order valence-electron chi connectivity index (χ4n) is 1.67. The van der Waals surface area contributed by atoms with Crippen LogP contribution >= 0.6 is 27.7 Å². The maximum absolute atomic E-state index is 3.69. The summed E-state index contributed by atoms with van der Waals surface area (Å²) < 4.78 is 1.22. The summed E-state index contributed by atoms with van der Waals surface area (Å²) in [5.74, 6) is 1.21. The first-order valence-corrected chi connectivity index (χ1v) is 8.86. The summed E-state index contributed by atoms with van der Waals surface area (Å²) in [6, 6.07) is 6.70. The van der Waals surface area contributed by atoms with E-state index in [4.69, 9.17) is 0 Å². The zero-order valence-corrected chi connectivity index (χ0v) is 15.0. The summed E-state index contributed by atoms with van der Waals surface area (Å²) in [6.45, 7) is 9.75. The Morgan fingerprint density at radius 2 is 1.95 bits per heavy atom. The molecule has 0 aliphatic heterocycles. The van der Waals surface area contributed by atoms with E-state index in [0.29, 0.717) is 0 Å². The SMILES string of the molecule is CCCCCSc1ccc(CNC(C)(C)C)cc1Br. The van der Waals surface area contributed by atoms with Crippen LogP contribution in [0.15, 0.2) is 27.6 Å². The van der Waals surface area contributed by atoms with Crippen LogP contribution in [0.1, 0.15) is 52.5 Å². The summed E-state index contributed by atoms with van der Waals surface area (Å²) in [7, 11) is 0. The lowest BCUT2D eigenvalue weighted by Gasteiger charge is -2.20. The van der Waals surface area contributed by atoms with E-state index in [-0.39, 0.29) is 5.54 Å². The van der Waals surface area contributed by atoms with E-state index in [9.17, 15) is 0 Å². The third kappa shape index (κ3) is 7.38. The standard InChI is InChI=1S/C16H26BrNS/c1-5-6-7-10-19-15-9-8-13(11-14(15)17)12-18-16(2,3)4/h8-9,11,18H,5-7,10,12H2,1-4H3. The fourth-order valence-corrected chi connectivity index (χ4v) is 3.37. The summed E-state index contributed by atoms with van der Waals surface area (Å²) in [6.07, 6.45) is 3.93. The highest BCUT2D eigenvalue weighted by atomic mass is 79.9. The van der Waals surface area contributed by atoms with E-state index in [1.54, 1.807) is 0 Å². The highest BCUT2D eigenvalue weighted by Crippen LogP contribution is 2.29. The van der Waals surface area contributed by atoms with Crippen LogP contribution in [-0.2, 0) is 6.54 Å².